The van der Waals surface area contributed by atoms with Crippen LogP contribution >= 0.6 is 7.82 Å². The molecule has 12 heteroatoms. The quantitative estimate of drug-likeness (QED) is 0.0197. The van der Waals surface area contributed by atoms with Crippen LogP contribution in [0.5, 0.6) is 0 Å². The predicted octanol–water partition coefficient (Wildman–Crippen LogP) is 18.9. The van der Waals surface area contributed by atoms with Crippen molar-refractivity contribution in [2.24, 2.45) is 0 Å². The van der Waals surface area contributed by atoms with Crippen LogP contribution in [-0.2, 0) is 42.2 Å². The number of carbonyl (C=O) groups excluding carboxylic acids is 3. The molecule has 11 nitrogen and oxygen atoms in total. The minimum Gasteiger partial charge on any atom is -0.462 e. The third-order valence-corrected chi connectivity index (χ3v) is 14.7. The molecule has 0 bridgehead atoms. The molecule has 0 fully saturated rings. The van der Waals surface area contributed by atoms with Gasteiger partial charge in [-0.2, -0.15) is 0 Å². The molecule has 0 rings (SSSR count). The number of rotatable bonds is 59. The molecule has 0 aromatic carbocycles. The van der Waals surface area contributed by atoms with Crippen molar-refractivity contribution < 1.29 is 52.2 Å². The standard InChI is InChI=1S/C64H117O11P/c1-4-7-10-13-16-19-22-24-26-28-30-32-34-36-39-41-44-47-50-53-62(66)71-57-61(75-64(68)55-52-49-46-43-40-37-35-33-31-29-27-25-23-20-17-14-11-8-5-2)59-73-76(69,70)72-58-60(56-65)74-63(67)54-51-48-45-42-38-21-18-15-12-9-6-3/h15-16,18-19,24,26,30,32,60-61,65H,4-14,17,20-23,25,27-29,31,33-59H2,1-3H3,(H,69,70)/b18-15-,19-16-,26-24-,32-30-. The molecule has 3 unspecified atom stereocenters. The first kappa shape index (κ1) is 73.4. The number of phosphoric ester groups is 1. The van der Waals surface area contributed by atoms with E-state index >= 15 is 0 Å². The van der Waals surface area contributed by atoms with Gasteiger partial charge in [-0.1, -0.05) is 256 Å². The van der Waals surface area contributed by atoms with Gasteiger partial charge in [0.15, 0.2) is 6.10 Å². The SMILES string of the molecule is CCCC/C=C\CCCCCCCC(=O)OC(CO)COP(=O)(O)OCC(COC(=O)CCCCCCCC/C=C\C/C=C\C/C=C\CCCCC)OC(=O)CCCCCCCCCCCCCCCCCCCCC. The highest BCUT2D eigenvalue weighted by Gasteiger charge is 2.28. The molecule has 0 radical (unpaired) electrons. The number of hydrogen-bond donors (Lipinski definition) is 2. The zero-order chi connectivity index (χ0) is 55.5. The van der Waals surface area contributed by atoms with Gasteiger partial charge in [-0.15, -0.1) is 0 Å². The Balaban J connectivity index is 4.69. The van der Waals surface area contributed by atoms with Gasteiger partial charge >= 0.3 is 25.7 Å². The summed E-state index contributed by atoms with van der Waals surface area (Å²) in [5.41, 5.74) is 0. The van der Waals surface area contributed by atoms with Crippen molar-refractivity contribution in [1.82, 2.24) is 0 Å². The molecular weight excluding hydrogens is 976 g/mol. The van der Waals surface area contributed by atoms with Crippen molar-refractivity contribution >= 4 is 25.7 Å². The number of aliphatic hydroxyl groups excluding tert-OH is 1. The Morgan fingerprint density at radius 1 is 0.368 bits per heavy atom. The molecule has 0 aliphatic rings. The third-order valence-electron chi connectivity index (χ3n) is 13.7. The van der Waals surface area contributed by atoms with E-state index in [2.05, 4.69) is 69.4 Å². The maximum atomic E-state index is 12.9. The molecule has 2 N–H and O–H groups in total. The maximum absolute atomic E-state index is 12.9. The monoisotopic (exact) mass is 1090 g/mol. The molecule has 0 spiro atoms. The fraction of sp³-hybridized carbons (Fsp3) is 0.828. The number of aliphatic hydroxyl groups is 1. The van der Waals surface area contributed by atoms with Crippen LogP contribution < -0.4 is 0 Å². The van der Waals surface area contributed by atoms with Gasteiger partial charge in [-0.05, 0) is 77.0 Å². The number of ether oxygens (including phenoxy) is 3. The fourth-order valence-electron chi connectivity index (χ4n) is 8.88. The molecule has 76 heavy (non-hydrogen) atoms. The summed E-state index contributed by atoms with van der Waals surface area (Å²) in [6.45, 7) is 4.61. The Kier molecular flexibility index (Phi) is 56.6. The second-order valence-electron chi connectivity index (χ2n) is 21.2. The lowest BCUT2D eigenvalue weighted by molar-refractivity contribution is -0.161. The van der Waals surface area contributed by atoms with Crippen LogP contribution in [0.25, 0.3) is 0 Å². The van der Waals surface area contributed by atoms with E-state index in [0.29, 0.717) is 19.3 Å². The zero-order valence-corrected chi connectivity index (χ0v) is 50.1. The normalized spacial score (nSPS) is 13.6. The van der Waals surface area contributed by atoms with Crippen molar-refractivity contribution in [1.29, 1.82) is 0 Å². The first-order chi connectivity index (χ1) is 37.2. The van der Waals surface area contributed by atoms with Gasteiger partial charge < -0.3 is 24.2 Å². The van der Waals surface area contributed by atoms with Gasteiger partial charge in [0, 0.05) is 19.3 Å². The van der Waals surface area contributed by atoms with Gasteiger partial charge in [0.1, 0.15) is 12.7 Å². The van der Waals surface area contributed by atoms with Crippen molar-refractivity contribution in [3.8, 4) is 0 Å². The van der Waals surface area contributed by atoms with E-state index in [1.54, 1.807) is 0 Å². The number of carbonyl (C=O) groups is 3. The number of unbranched alkanes of at least 4 members (excludes halogenated alkanes) is 34. The molecule has 0 amide bonds. The second kappa shape index (κ2) is 58.6. The second-order valence-corrected chi connectivity index (χ2v) is 22.7. The van der Waals surface area contributed by atoms with Gasteiger partial charge in [0.2, 0.25) is 0 Å². The highest BCUT2D eigenvalue weighted by atomic mass is 31.2. The van der Waals surface area contributed by atoms with Crippen LogP contribution in [0.1, 0.15) is 303 Å². The largest absolute Gasteiger partial charge is 0.472 e. The third kappa shape index (κ3) is 56.2. The molecule has 3 atom stereocenters. The molecule has 0 heterocycles. The molecular formula is C64H117O11P. The molecule has 0 saturated heterocycles. The van der Waals surface area contributed by atoms with Gasteiger partial charge in [-0.25, -0.2) is 4.57 Å². The van der Waals surface area contributed by atoms with Crippen molar-refractivity contribution in [2.75, 3.05) is 26.4 Å². The first-order valence-electron chi connectivity index (χ1n) is 31.5. The molecule has 0 saturated carbocycles. The van der Waals surface area contributed by atoms with E-state index in [4.69, 9.17) is 23.3 Å². The number of allylic oxidation sites excluding steroid dienone is 8. The average Bonchev–Trinajstić information content (AvgIpc) is 3.41. The van der Waals surface area contributed by atoms with E-state index in [1.807, 2.05) is 0 Å². The molecule has 0 aromatic rings. The number of esters is 3. The molecule has 444 valence electrons. The summed E-state index contributed by atoms with van der Waals surface area (Å²) < 4.78 is 39.6. The lowest BCUT2D eigenvalue weighted by atomic mass is 10.0. The van der Waals surface area contributed by atoms with Crippen LogP contribution in [-0.4, -0.2) is 66.5 Å². The highest BCUT2D eigenvalue weighted by Crippen LogP contribution is 2.43. The molecule has 0 aliphatic heterocycles. The summed E-state index contributed by atoms with van der Waals surface area (Å²) in [7, 11) is -4.75. The van der Waals surface area contributed by atoms with Crippen molar-refractivity contribution in [2.45, 2.75) is 315 Å². The van der Waals surface area contributed by atoms with Gasteiger partial charge in [0.25, 0.3) is 0 Å². The Hall–Kier alpha value is -2.56. The fourth-order valence-corrected chi connectivity index (χ4v) is 9.66. The van der Waals surface area contributed by atoms with Crippen molar-refractivity contribution in [3.05, 3.63) is 48.6 Å². The number of phosphoric acid groups is 1. The minimum atomic E-state index is -4.75. The van der Waals surface area contributed by atoms with E-state index in [0.717, 1.165) is 109 Å². The Labute approximate surface area is 466 Å². The Bertz CT molecular complexity index is 1460. The predicted molar refractivity (Wildman–Crippen MR) is 316 cm³/mol. The first-order valence-corrected chi connectivity index (χ1v) is 33.0. The maximum Gasteiger partial charge on any atom is 0.472 e. The average molecular weight is 1090 g/mol. The van der Waals surface area contributed by atoms with E-state index < -0.39 is 57.8 Å². The van der Waals surface area contributed by atoms with Gasteiger partial charge in [0.05, 0.1) is 19.8 Å². The van der Waals surface area contributed by atoms with Crippen LogP contribution in [0.4, 0.5) is 0 Å². The van der Waals surface area contributed by atoms with Crippen LogP contribution in [0.15, 0.2) is 48.6 Å². The van der Waals surface area contributed by atoms with Crippen LogP contribution in [0.2, 0.25) is 0 Å². The summed E-state index contributed by atoms with van der Waals surface area (Å²) in [6.07, 6.45) is 63.5. The van der Waals surface area contributed by atoms with Crippen molar-refractivity contribution in [3.63, 3.8) is 0 Å². The summed E-state index contributed by atoms with van der Waals surface area (Å²) in [4.78, 5) is 48.6. The van der Waals surface area contributed by atoms with Gasteiger partial charge in [-0.3, -0.25) is 23.4 Å². The topological polar surface area (TPSA) is 155 Å². The smallest absolute Gasteiger partial charge is 0.462 e. The Morgan fingerprint density at radius 3 is 1.07 bits per heavy atom. The lowest BCUT2D eigenvalue weighted by Crippen LogP contribution is -2.30. The molecule has 0 aromatic heterocycles. The minimum absolute atomic E-state index is 0.167. The zero-order valence-electron chi connectivity index (χ0n) is 49.2. The van der Waals surface area contributed by atoms with Crippen LogP contribution in [0, 0.1) is 0 Å². The number of hydrogen-bond acceptors (Lipinski definition) is 10. The highest BCUT2D eigenvalue weighted by molar-refractivity contribution is 7.47. The summed E-state index contributed by atoms with van der Waals surface area (Å²) in [6, 6.07) is 0. The Morgan fingerprint density at radius 2 is 0.658 bits per heavy atom. The summed E-state index contributed by atoms with van der Waals surface area (Å²) in [5, 5.41) is 9.81. The summed E-state index contributed by atoms with van der Waals surface area (Å²) >= 11 is 0. The van der Waals surface area contributed by atoms with E-state index in [-0.39, 0.29) is 25.9 Å². The molecule has 0 aliphatic carbocycles. The lowest BCUT2D eigenvalue weighted by Gasteiger charge is -2.21. The van der Waals surface area contributed by atoms with E-state index in [9.17, 15) is 28.9 Å². The van der Waals surface area contributed by atoms with E-state index in [1.165, 1.54) is 135 Å². The summed E-state index contributed by atoms with van der Waals surface area (Å²) in [5.74, 6) is -1.47. The van der Waals surface area contributed by atoms with Crippen LogP contribution in [0.3, 0.4) is 0 Å².